The molecule has 2 fully saturated rings. The first-order chi connectivity index (χ1) is 8.53. The second kappa shape index (κ2) is 5.60. The largest absolute Gasteiger partial charge is 0.354 e. The lowest BCUT2D eigenvalue weighted by molar-refractivity contribution is -0.131. The monoisotopic (exact) mass is 252 g/mol. The Hall–Kier alpha value is -0.570. The molecule has 1 amide bonds. The summed E-state index contributed by atoms with van der Waals surface area (Å²) in [6.07, 6.45) is 8.05. The molecule has 2 saturated carbocycles. The molecule has 1 unspecified atom stereocenters. The van der Waals surface area contributed by atoms with Crippen molar-refractivity contribution >= 4 is 5.91 Å². The predicted molar refractivity (Wildman–Crippen MR) is 74.1 cm³/mol. The summed E-state index contributed by atoms with van der Waals surface area (Å²) in [5, 5.41) is 3.13. The molecule has 0 aromatic carbocycles. The average Bonchev–Trinajstić information content (AvgIpc) is 3.06. The summed E-state index contributed by atoms with van der Waals surface area (Å²) in [5.74, 6) is 1.52. The first-order valence-corrected chi connectivity index (χ1v) is 7.57. The maximum atomic E-state index is 12.5. The zero-order chi connectivity index (χ0) is 13.2. The molecule has 1 atom stereocenters. The van der Waals surface area contributed by atoms with Crippen LogP contribution in [0.1, 0.15) is 58.8 Å². The molecule has 2 rings (SSSR count). The maximum Gasteiger partial charge on any atom is 0.226 e. The molecular weight excluding hydrogens is 224 g/mol. The molecule has 0 heterocycles. The highest BCUT2D eigenvalue weighted by Crippen LogP contribution is 2.43. The van der Waals surface area contributed by atoms with Gasteiger partial charge in [0.1, 0.15) is 0 Å². The van der Waals surface area contributed by atoms with Crippen LogP contribution in [0.25, 0.3) is 0 Å². The van der Waals surface area contributed by atoms with E-state index in [4.69, 9.17) is 5.73 Å². The predicted octanol–water partition coefficient (Wildman–Crippen LogP) is 2.45. The number of nitrogens with one attached hydrogen (secondary N) is 1. The zero-order valence-corrected chi connectivity index (χ0v) is 11.9. The number of nitrogens with two attached hydrogens (primary N) is 1. The van der Waals surface area contributed by atoms with Gasteiger partial charge in [-0.25, -0.2) is 0 Å². The minimum Gasteiger partial charge on any atom is -0.354 e. The van der Waals surface area contributed by atoms with Crippen molar-refractivity contribution < 1.29 is 4.79 Å². The number of carbonyl (C=O) groups is 1. The molecular formula is C15H28N2O. The van der Waals surface area contributed by atoms with Gasteiger partial charge in [-0.2, -0.15) is 0 Å². The molecule has 0 aromatic heterocycles. The Bertz CT molecular complexity index is 291. The molecule has 3 N–H and O–H groups in total. The van der Waals surface area contributed by atoms with Crippen LogP contribution in [0.4, 0.5) is 0 Å². The van der Waals surface area contributed by atoms with Gasteiger partial charge in [0.05, 0.1) is 0 Å². The van der Waals surface area contributed by atoms with Gasteiger partial charge < -0.3 is 11.1 Å². The second-order valence-corrected chi connectivity index (χ2v) is 6.80. The molecule has 18 heavy (non-hydrogen) atoms. The standard InChI is InChI=1S/C15H28N2O/c1-11(2)9-15(7-3-4-8-15)14(18)17-10-13(16)12-5-6-12/h11-13H,3-10,16H2,1-2H3,(H,17,18). The number of rotatable bonds is 6. The van der Waals surface area contributed by atoms with Crippen molar-refractivity contribution in [1.29, 1.82) is 0 Å². The first kappa shape index (κ1) is 13.9. The topological polar surface area (TPSA) is 55.1 Å². The highest BCUT2D eigenvalue weighted by atomic mass is 16.2. The Morgan fingerprint density at radius 3 is 2.44 bits per heavy atom. The van der Waals surface area contributed by atoms with Crippen molar-refractivity contribution in [3.63, 3.8) is 0 Å². The normalized spacial score (nSPS) is 24.2. The Kier molecular flexibility index (Phi) is 4.31. The van der Waals surface area contributed by atoms with Gasteiger partial charge in [-0.05, 0) is 43.9 Å². The van der Waals surface area contributed by atoms with Crippen LogP contribution in [-0.4, -0.2) is 18.5 Å². The van der Waals surface area contributed by atoms with E-state index in [1.54, 1.807) is 0 Å². The summed E-state index contributed by atoms with van der Waals surface area (Å²) in [6, 6.07) is 0.173. The third-order valence-electron chi connectivity index (χ3n) is 4.57. The summed E-state index contributed by atoms with van der Waals surface area (Å²) in [4.78, 5) is 12.5. The fourth-order valence-electron chi connectivity index (χ4n) is 3.45. The second-order valence-electron chi connectivity index (χ2n) is 6.80. The van der Waals surface area contributed by atoms with Crippen LogP contribution in [-0.2, 0) is 4.79 Å². The van der Waals surface area contributed by atoms with E-state index in [0.29, 0.717) is 18.4 Å². The summed E-state index contributed by atoms with van der Waals surface area (Å²) >= 11 is 0. The van der Waals surface area contributed by atoms with Crippen LogP contribution in [0.2, 0.25) is 0 Å². The first-order valence-electron chi connectivity index (χ1n) is 7.57. The number of hydrogen-bond acceptors (Lipinski definition) is 2. The molecule has 0 saturated heterocycles. The fraction of sp³-hybridized carbons (Fsp3) is 0.933. The number of hydrogen-bond donors (Lipinski definition) is 2. The summed E-state index contributed by atoms with van der Waals surface area (Å²) < 4.78 is 0. The molecule has 3 nitrogen and oxygen atoms in total. The minimum absolute atomic E-state index is 0.0859. The van der Waals surface area contributed by atoms with Gasteiger partial charge >= 0.3 is 0 Å². The van der Waals surface area contributed by atoms with Crippen molar-refractivity contribution in [3.05, 3.63) is 0 Å². The smallest absolute Gasteiger partial charge is 0.226 e. The van der Waals surface area contributed by atoms with Crippen LogP contribution in [0, 0.1) is 17.3 Å². The van der Waals surface area contributed by atoms with Crippen molar-refractivity contribution in [2.45, 2.75) is 64.8 Å². The van der Waals surface area contributed by atoms with E-state index in [1.165, 1.54) is 25.7 Å². The van der Waals surface area contributed by atoms with E-state index in [2.05, 4.69) is 19.2 Å². The van der Waals surface area contributed by atoms with Crippen LogP contribution in [0.5, 0.6) is 0 Å². The Morgan fingerprint density at radius 1 is 1.33 bits per heavy atom. The molecule has 0 radical (unpaired) electrons. The highest BCUT2D eigenvalue weighted by Gasteiger charge is 2.41. The molecule has 104 valence electrons. The van der Waals surface area contributed by atoms with Crippen molar-refractivity contribution in [2.75, 3.05) is 6.54 Å². The maximum absolute atomic E-state index is 12.5. The van der Waals surface area contributed by atoms with Crippen LogP contribution >= 0.6 is 0 Å². The van der Waals surface area contributed by atoms with Gasteiger partial charge in [-0.15, -0.1) is 0 Å². The third kappa shape index (κ3) is 3.25. The average molecular weight is 252 g/mol. The molecule has 0 aromatic rings. The Labute approximate surface area is 111 Å². The van der Waals surface area contributed by atoms with Crippen molar-refractivity contribution in [1.82, 2.24) is 5.32 Å². The van der Waals surface area contributed by atoms with Gasteiger partial charge in [-0.1, -0.05) is 26.7 Å². The SMILES string of the molecule is CC(C)CC1(C(=O)NCC(N)C2CC2)CCCC1. The molecule has 2 aliphatic carbocycles. The van der Waals surface area contributed by atoms with Gasteiger partial charge in [0.2, 0.25) is 5.91 Å². The van der Waals surface area contributed by atoms with E-state index >= 15 is 0 Å². The van der Waals surface area contributed by atoms with Gasteiger partial charge in [-0.3, -0.25) is 4.79 Å². The lowest BCUT2D eigenvalue weighted by Gasteiger charge is -2.30. The Balaban J connectivity index is 1.87. The molecule has 2 aliphatic rings. The van der Waals surface area contributed by atoms with E-state index in [-0.39, 0.29) is 17.4 Å². The summed E-state index contributed by atoms with van der Waals surface area (Å²) in [5.41, 5.74) is 5.97. The lowest BCUT2D eigenvalue weighted by Crippen LogP contribution is -2.45. The van der Waals surface area contributed by atoms with Crippen molar-refractivity contribution in [3.8, 4) is 0 Å². The molecule has 0 aliphatic heterocycles. The summed E-state index contributed by atoms with van der Waals surface area (Å²) in [7, 11) is 0. The highest BCUT2D eigenvalue weighted by molar-refractivity contribution is 5.83. The van der Waals surface area contributed by atoms with Crippen LogP contribution < -0.4 is 11.1 Å². The number of carbonyl (C=O) groups excluding carboxylic acids is 1. The lowest BCUT2D eigenvalue weighted by atomic mass is 9.77. The minimum atomic E-state index is -0.0859. The van der Waals surface area contributed by atoms with Crippen LogP contribution in [0.15, 0.2) is 0 Å². The van der Waals surface area contributed by atoms with E-state index in [0.717, 1.165) is 19.3 Å². The number of amides is 1. The van der Waals surface area contributed by atoms with E-state index in [9.17, 15) is 4.79 Å². The molecule has 0 spiro atoms. The van der Waals surface area contributed by atoms with E-state index in [1.807, 2.05) is 0 Å². The van der Waals surface area contributed by atoms with Gasteiger partial charge in [0, 0.05) is 18.0 Å². The van der Waals surface area contributed by atoms with Gasteiger partial charge in [0.15, 0.2) is 0 Å². The molecule has 3 heteroatoms. The quantitative estimate of drug-likeness (QED) is 0.763. The molecule has 0 bridgehead atoms. The van der Waals surface area contributed by atoms with Crippen molar-refractivity contribution in [2.24, 2.45) is 23.0 Å². The zero-order valence-electron chi connectivity index (χ0n) is 11.9. The Morgan fingerprint density at radius 2 is 1.94 bits per heavy atom. The van der Waals surface area contributed by atoms with Gasteiger partial charge in [0.25, 0.3) is 0 Å². The van der Waals surface area contributed by atoms with Crippen LogP contribution in [0.3, 0.4) is 0 Å². The fourth-order valence-corrected chi connectivity index (χ4v) is 3.45. The summed E-state index contributed by atoms with van der Waals surface area (Å²) in [6.45, 7) is 5.09. The third-order valence-corrected chi connectivity index (χ3v) is 4.57. The van der Waals surface area contributed by atoms with E-state index < -0.39 is 0 Å².